The quantitative estimate of drug-likeness (QED) is 0.907. The lowest BCUT2D eigenvalue weighted by atomic mass is 10.0. The number of primary amides is 1. The second kappa shape index (κ2) is 5.92. The molecule has 0 aliphatic rings. The average Bonchev–Trinajstić information content (AvgIpc) is 2.41. The Balaban J connectivity index is 2.34. The van der Waals surface area contributed by atoms with Crippen molar-refractivity contribution in [3.8, 4) is 0 Å². The molecule has 5 heteroatoms. The smallest absolute Gasteiger partial charge is 0.244 e. The van der Waals surface area contributed by atoms with Gasteiger partial charge in [0.25, 0.3) is 0 Å². The molecular weight excluding hydrogens is 279 g/mol. The lowest BCUT2D eigenvalue weighted by molar-refractivity contribution is -0.118. The van der Waals surface area contributed by atoms with E-state index in [1.807, 2.05) is 6.92 Å². The minimum atomic E-state index is -0.843. The molecule has 3 nitrogen and oxygen atoms in total. The van der Waals surface area contributed by atoms with Crippen LogP contribution in [0.1, 0.15) is 17.2 Å². The first kappa shape index (κ1) is 14.3. The van der Waals surface area contributed by atoms with E-state index in [9.17, 15) is 9.18 Å². The molecule has 0 aliphatic carbocycles. The number of rotatable bonds is 4. The van der Waals surface area contributed by atoms with Gasteiger partial charge in [-0.15, -0.1) is 0 Å². The number of para-hydroxylation sites is 1. The fourth-order valence-electron chi connectivity index (χ4n) is 1.84. The van der Waals surface area contributed by atoms with Gasteiger partial charge < -0.3 is 11.1 Å². The Kier molecular flexibility index (Phi) is 4.25. The van der Waals surface area contributed by atoms with E-state index in [-0.39, 0.29) is 5.69 Å². The maximum atomic E-state index is 13.6. The Morgan fingerprint density at radius 3 is 2.60 bits per heavy atom. The lowest BCUT2D eigenvalue weighted by Gasteiger charge is -2.18. The number of halogens is 2. The summed E-state index contributed by atoms with van der Waals surface area (Å²) in [5, 5.41) is 3.33. The summed E-state index contributed by atoms with van der Waals surface area (Å²) in [6.45, 7) is 1.86. The molecule has 1 amide bonds. The fourth-order valence-corrected chi connectivity index (χ4v) is 2.03. The molecule has 0 aromatic heterocycles. The standard InChI is InChI=1S/C15H14ClFN2O/c1-9-6-7-10(8-11(9)16)14(15(18)20)19-13-5-3-2-4-12(13)17/h2-8,14,19H,1H3,(H2,18,20). The van der Waals surface area contributed by atoms with Gasteiger partial charge in [-0.05, 0) is 36.2 Å². The van der Waals surface area contributed by atoms with Gasteiger partial charge in [0.2, 0.25) is 5.91 Å². The number of hydrogen-bond donors (Lipinski definition) is 2. The molecule has 0 radical (unpaired) electrons. The number of anilines is 1. The number of nitrogens with one attached hydrogen (secondary N) is 1. The first-order valence-corrected chi connectivity index (χ1v) is 6.43. The van der Waals surface area contributed by atoms with Gasteiger partial charge in [0, 0.05) is 5.02 Å². The van der Waals surface area contributed by atoms with Crippen molar-refractivity contribution >= 4 is 23.2 Å². The summed E-state index contributed by atoms with van der Waals surface area (Å²) in [6, 6.07) is 10.4. The Bertz CT molecular complexity index is 646. The van der Waals surface area contributed by atoms with Crippen molar-refractivity contribution in [1.29, 1.82) is 0 Å². The zero-order valence-electron chi connectivity index (χ0n) is 10.9. The second-order valence-electron chi connectivity index (χ2n) is 4.47. The molecule has 0 fully saturated rings. The molecule has 3 N–H and O–H groups in total. The summed E-state index contributed by atoms with van der Waals surface area (Å²) in [7, 11) is 0. The van der Waals surface area contributed by atoms with Crippen LogP contribution in [0.5, 0.6) is 0 Å². The van der Waals surface area contributed by atoms with E-state index in [0.717, 1.165) is 5.56 Å². The molecule has 0 aliphatic heterocycles. The summed E-state index contributed by atoms with van der Waals surface area (Å²) in [5.41, 5.74) is 7.09. The van der Waals surface area contributed by atoms with Crippen LogP contribution >= 0.6 is 11.6 Å². The average molecular weight is 293 g/mol. The van der Waals surface area contributed by atoms with Gasteiger partial charge in [-0.25, -0.2) is 4.39 Å². The molecule has 20 heavy (non-hydrogen) atoms. The van der Waals surface area contributed by atoms with Crippen LogP contribution in [0, 0.1) is 12.7 Å². The summed E-state index contributed by atoms with van der Waals surface area (Å²) in [5.74, 6) is -1.05. The predicted octanol–water partition coefficient (Wildman–Crippen LogP) is 3.43. The van der Waals surface area contributed by atoms with Gasteiger partial charge in [0.05, 0.1) is 5.69 Å². The largest absolute Gasteiger partial charge is 0.368 e. The Hall–Kier alpha value is -2.07. The van der Waals surface area contributed by atoms with Gasteiger partial charge >= 0.3 is 0 Å². The number of hydrogen-bond acceptors (Lipinski definition) is 2. The number of amides is 1. The molecule has 2 aromatic rings. The highest BCUT2D eigenvalue weighted by atomic mass is 35.5. The number of carbonyl (C=O) groups excluding carboxylic acids is 1. The van der Waals surface area contributed by atoms with Crippen LogP contribution in [0.15, 0.2) is 42.5 Å². The van der Waals surface area contributed by atoms with E-state index in [2.05, 4.69) is 5.32 Å². The van der Waals surface area contributed by atoms with Gasteiger partial charge in [-0.3, -0.25) is 4.79 Å². The van der Waals surface area contributed by atoms with Gasteiger partial charge in [0.1, 0.15) is 11.9 Å². The number of carbonyl (C=O) groups is 1. The molecular formula is C15H14ClFN2O. The van der Waals surface area contributed by atoms with E-state index < -0.39 is 17.8 Å². The van der Waals surface area contributed by atoms with Crippen LogP contribution in [0.4, 0.5) is 10.1 Å². The third-order valence-corrected chi connectivity index (χ3v) is 3.39. The molecule has 0 bridgehead atoms. The van der Waals surface area contributed by atoms with Crippen LogP contribution in [-0.2, 0) is 4.79 Å². The van der Waals surface area contributed by atoms with E-state index >= 15 is 0 Å². The topological polar surface area (TPSA) is 55.1 Å². The fraction of sp³-hybridized carbons (Fsp3) is 0.133. The molecule has 0 spiro atoms. The molecule has 1 unspecified atom stereocenters. The minimum Gasteiger partial charge on any atom is -0.368 e. The van der Waals surface area contributed by atoms with E-state index in [0.29, 0.717) is 10.6 Å². The van der Waals surface area contributed by atoms with Crippen molar-refractivity contribution in [2.24, 2.45) is 5.73 Å². The Morgan fingerprint density at radius 1 is 1.30 bits per heavy atom. The van der Waals surface area contributed by atoms with Crippen molar-refractivity contribution < 1.29 is 9.18 Å². The Labute approximate surface area is 121 Å². The van der Waals surface area contributed by atoms with E-state index in [4.69, 9.17) is 17.3 Å². The highest BCUT2D eigenvalue weighted by Crippen LogP contribution is 2.25. The molecule has 0 saturated carbocycles. The summed E-state index contributed by atoms with van der Waals surface area (Å²) >= 11 is 6.04. The summed E-state index contributed by atoms with van der Waals surface area (Å²) < 4.78 is 13.6. The minimum absolute atomic E-state index is 0.216. The molecule has 0 saturated heterocycles. The van der Waals surface area contributed by atoms with E-state index in [1.165, 1.54) is 6.07 Å². The SMILES string of the molecule is Cc1ccc(C(Nc2ccccc2F)C(N)=O)cc1Cl. The number of nitrogens with two attached hydrogens (primary N) is 1. The van der Waals surface area contributed by atoms with Crippen LogP contribution < -0.4 is 11.1 Å². The van der Waals surface area contributed by atoms with Crippen LogP contribution in [-0.4, -0.2) is 5.91 Å². The highest BCUT2D eigenvalue weighted by Gasteiger charge is 2.19. The second-order valence-corrected chi connectivity index (χ2v) is 4.88. The first-order valence-electron chi connectivity index (χ1n) is 6.05. The molecule has 2 aromatic carbocycles. The van der Waals surface area contributed by atoms with Crippen LogP contribution in [0.2, 0.25) is 5.02 Å². The zero-order valence-corrected chi connectivity index (χ0v) is 11.6. The van der Waals surface area contributed by atoms with E-state index in [1.54, 1.807) is 36.4 Å². The van der Waals surface area contributed by atoms with Gasteiger partial charge in [-0.2, -0.15) is 0 Å². The third kappa shape index (κ3) is 3.08. The van der Waals surface area contributed by atoms with Crippen molar-refractivity contribution in [2.75, 3.05) is 5.32 Å². The van der Waals surface area contributed by atoms with Gasteiger partial charge in [-0.1, -0.05) is 35.9 Å². The normalized spacial score (nSPS) is 11.9. The summed E-state index contributed by atoms with van der Waals surface area (Å²) in [6.07, 6.45) is 0. The molecule has 2 rings (SSSR count). The van der Waals surface area contributed by atoms with Gasteiger partial charge in [0.15, 0.2) is 0 Å². The first-order chi connectivity index (χ1) is 9.49. The highest BCUT2D eigenvalue weighted by molar-refractivity contribution is 6.31. The molecule has 104 valence electrons. The monoisotopic (exact) mass is 292 g/mol. The third-order valence-electron chi connectivity index (χ3n) is 2.99. The lowest BCUT2D eigenvalue weighted by Crippen LogP contribution is -2.28. The Morgan fingerprint density at radius 2 is 2.00 bits per heavy atom. The maximum Gasteiger partial charge on any atom is 0.244 e. The van der Waals surface area contributed by atoms with Crippen molar-refractivity contribution in [3.63, 3.8) is 0 Å². The molecule has 1 atom stereocenters. The van der Waals surface area contributed by atoms with Crippen LogP contribution in [0.3, 0.4) is 0 Å². The van der Waals surface area contributed by atoms with Crippen molar-refractivity contribution in [3.05, 3.63) is 64.4 Å². The maximum absolute atomic E-state index is 13.6. The predicted molar refractivity (Wildman–Crippen MR) is 78.1 cm³/mol. The zero-order chi connectivity index (χ0) is 14.7. The number of benzene rings is 2. The van der Waals surface area contributed by atoms with Crippen molar-refractivity contribution in [1.82, 2.24) is 0 Å². The van der Waals surface area contributed by atoms with Crippen LogP contribution in [0.25, 0.3) is 0 Å². The van der Waals surface area contributed by atoms with Crippen molar-refractivity contribution in [2.45, 2.75) is 13.0 Å². The molecule has 0 heterocycles. The summed E-state index contributed by atoms with van der Waals surface area (Å²) in [4.78, 5) is 11.6. The number of aryl methyl sites for hydroxylation is 1.